The molecule has 0 aliphatic carbocycles. The monoisotopic (exact) mass is 317 g/mol. The van der Waals surface area contributed by atoms with Gasteiger partial charge in [0.25, 0.3) is 0 Å². The Bertz CT molecular complexity index is 404. The summed E-state index contributed by atoms with van der Waals surface area (Å²) in [4.78, 5) is 0. The molecule has 0 aromatic heterocycles. The van der Waals surface area contributed by atoms with E-state index in [2.05, 4.69) is 21.2 Å². The van der Waals surface area contributed by atoms with Gasteiger partial charge in [-0.2, -0.15) is 0 Å². The second-order valence-corrected chi connectivity index (χ2v) is 5.73. The van der Waals surface area contributed by atoms with E-state index in [4.69, 9.17) is 4.74 Å². The first-order chi connectivity index (χ1) is 8.65. The topological polar surface area (TPSA) is 41.5 Å². The van der Waals surface area contributed by atoms with E-state index in [0.717, 1.165) is 4.47 Å². The normalized spacial score (nSPS) is 17.5. The van der Waals surface area contributed by atoms with E-state index >= 15 is 0 Å². The molecule has 0 unspecified atom stereocenters. The molecular weight excluding hydrogens is 301 g/mol. The van der Waals surface area contributed by atoms with Gasteiger partial charge in [0.15, 0.2) is 0 Å². The molecule has 100 valence electrons. The van der Waals surface area contributed by atoms with Crippen molar-refractivity contribution in [1.82, 2.24) is 5.32 Å². The van der Waals surface area contributed by atoms with Crippen molar-refractivity contribution in [2.24, 2.45) is 5.41 Å². The highest BCUT2D eigenvalue weighted by molar-refractivity contribution is 9.10. The Morgan fingerprint density at radius 1 is 1.44 bits per heavy atom. The van der Waals surface area contributed by atoms with Crippen molar-refractivity contribution in [1.29, 1.82) is 0 Å². The molecule has 5 heteroatoms. The molecule has 0 atom stereocenters. The van der Waals surface area contributed by atoms with Gasteiger partial charge in [0.1, 0.15) is 5.82 Å². The fourth-order valence-corrected chi connectivity index (χ4v) is 2.36. The van der Waals surface area contributed by atoms with Gasteiger partial charge in [-0.15, -0.1) is 0 Å². The summed E-state index contributed by atoms with van der Waals surface area (Å²) < 4.78 is 19.5. The Balaban J connectivity index is 1.76. The third kappa shape index (κ3) is 3.29. The van der Waals surface area contributed by atoms with Crippen LogP contribution >= 0.6 is 15.9 Å². The van der Waals surface area contributed by atoms with Gasteiger partial charge >= 0.3 is 0 Å². The zero-order valence-corrected chi connectivity index (χ0v) is 11.7. The highest BCUT2D eigenvalue weighted by Crippen LogP contribution is 2.25. The molecule has 3 nitrogen and oxygen atoms in total. The van der Waals surface area contributed by atoms with E-state index in [0.29, 0.717) is 38.3 Å². The van der Waals surface area contributed by atoms with Crippen LogP contribution in [0.5, 0.6) is 0 Å². The van der Waals surface area contributed by atoms with Crippen LogP contribution in [0.2, 0.25) is 0 Å². The SMILES string of the molecule is OCC1(CNCCc2cc(Br)ccc2F)COC1. The summed E-state index contributed by atoms with van der Waals surface area (Å²) in [5, 5.41) is 12.5. The number of hydrogen-bond acceptors (Lipinski definition) is 3. The van der Waals surface area contributed by atoms with E-state index in [1.165, 1.54) is 6.07 Å². The number of hydrogen-bond donors (Lipinski definition) is 2. The van der Waals surface area contributed by atoms with Crippen molar-refractivity contribution in [3.05, 3.63) is 34.1 Å². The number of aliphatic hydroxyl groups excluding tert-OH is 1. The van der Waals surface area contributed by atoms with Crippen LogP contribution in [0.15, 0.2) is 22.7 Å². The first-order valence-electron chi connectivity index (χ1n) is 5.98. The minimum absolute atomic E-state index is 0.129. The first kappa shape index (κ1) is 13.9. The lowest BCUT2D eigenvalue weighted by Crippen LogP contribution is -2.52. The van der Waals surface area contributed by atoms with E-state index in [9.17, 15) is 9.50 Å². The Morgan fingerprint density at radius 2 is 2.22 bits per heavy atom. The largest absolute Gasteiger partial charge is 0.396 e. The Kier molecular flexibility index (Phi) is 4.72. The molecule has 18 heavy (non-hydrogen) atoms. The van der Waals surface area contributed by atoms with Crippen molar-refractivity contribution in [3.8, 4) is 0 Å². The molecule has 1 aliphatic rings. The van der Waals surface area contributed by atoms with Gasteiger partial charge in [-0.1, -0.05) is 15.9 Å². The third-order valence-corrected chi connectivity index (χ3v) is 3.72. The third-order valence-electron chi connectivity index (χ3n) is 3.23. The number of benzene rings is 1. The average Bonchev–Trinajstić information content (AvgIpc) is 2.31. The smallest absolute Gasteiger partial charge is 0.126 e. The van der Waals surface area contributed by atoms with Crippen LogP contribution in [0.4, 0.5) is 4.39 Å². The minimum Gasteiger partial charge on any atom is -0.396 e. The molecule has 0 bridgehead atoms. The van der Waals surface area contributed by atoms with E-state index in [1.807, 2.05) is 0 Å². The zero-order valence-electron chi connectivity index (χ0n) is 10.1. The standard InChI is InChI=1S/C13H17BrFNO2/c14-11-1-2-12(15)10(5-11)3-4-16-6-13(7-17)8-18-9-13/h1-2,5,16-17H,3-4,6-9H2. The van der Waals surface area contributed by atoms with Crippen molar-refractivity contribution in [3.63, 3.8) is 0 Å². The zero-order chi connectivity index (χ0) is 13.0. The van der Waals surface area contributed by atoms with E-state index in [-0.39, 0.29) is 17.8 Å². The fourth-order valence-electron chi connectivity index (χ4n) is 1.95. The maximum absolute atomic E-state index is 13.5. The van der Waals surface area contributed by atoms with Crippen LogP contribution in [-0.2, 0) is 11.2 Å². The predicted molar refractivity (Wildman–Crippen MR) is 71.0 cm³/mol. The summed E-state index contributed by atoms with van der Waals surface area (Å²) in [6.07, 6.45) is 0.633. The lowest BCUT2D eigenvalue weighted by atomic mass is 9.87. The van der Waals surface area contributed by atoms with Crippen molar-refractivity contribution >= 4 is 15.9 Å². The van der Waals surface area contributed by atoms with E-state index < -0.39 is 0 Å². The van der Waals surface area contributed by atoms with Gasteiger partial charge in [-0.05, 0) is 36.7 Å². The van der Waals surface area contributed by atoms with Gasteiger partial charge in [0.2, 0.25) is 0 Å². The van der Waals surface area contributed by atoms with Crippen LogP contribution in [-0.4, -0.2) is 38.0 Å². The van der Waals surface area contributed by atoms with Crippen LogP contribution in [0.25, 0.3) is 0 Å². The number of halogens is 2. The average molecular weight is 318 g/mol. The van der Waals surface area contributed by atoms with Crippen LogP contribution < -0.4 is 5.32 Å². The summed E-state index contributed by atoms with van der Waals surface area (Å²) in [5.74, 6) is -0.177. The second-order valence-electron chi connectivity index (χ2n) is 4.81. The Labute approximate surface area is 114 Å². The van der Waals surface area contributed by atoms with Crippen molar-refractivity contribution in [2.45, 2.75) is 6.42 Å². The summed E-state index contributed by atoms with van der Waals surface area (Å²) >= 11 is 3.33. The molecule has 0 amide bonds. The van der Waals surface area contributed by atoms with Crippen LogP contribution in [0.3, 0.4) is 0 Å². The molecular formula is C13H17BrFNO2. The molecule has 1 saturated heterocycles. The number of ether oxygens (including phenoxy) is 1. The Hall–Kier alpha value is -0.490. The van der Waals surface area contributed by atoms with Crippen molar-refractivity contribution in [2.75, 3.05) is 32.9 Å². The van der Waals surface area contributed by atoms with Gasteiger partial charge in [0.05, 0.1) is 25.2 Å². The summed E-state index contributed by atoms with van der Waals surface area (Å²) in [7, 11) is 0. The first-order valence-corrected chi connectivity index (χ1v) is 6.78. The van der Waals surface area contributed by atoms with Crippen molar-refractivity contribution < 1.29 is 14.2 Å². The Morgan fingerprint density at radius 3 is 2.83 bits per heavy atom. The maximum atomic E-state index is 13.5. The molecule has 0 radical (unpaired) electrons. The summed E-state index contributed by atoms with van der Waals surface area (Å²) in [6, 6.07) is 4.96. The van der Waals surface area contributed by atoms with Gasteiger partial charge in [-0.25, -0.2) is 4.39 Å². The van der Waals surface area contributed by atoms with Gasteiger partial charge in [-0.3, -0.25) is 0 Å². The molecule has 2 rings (SSSR count). The van der Waals surface area contributed by atoms with Crippen LogP contribution in [0, 0.1) is 11.2 Å². The minimum atomic E-state index is -0.177. The predicted octanol–water partition coefficient (Wildman–Crippen LogP) is 1.73. The maximum Gasteiger partial charge on any atom is 0.126 e. The molecule has 1 heterocycles. The van der Waals surface area contributed by atoms with E-state index in [1.54, 1.807) is 12.1 Å². The molecule has 0 saturated carbocycles. The molecule has 1 aliphatic heterocycles. The number of aliphatic hydroxyl groups is 1. The second kappa shape index (κ2) is 6.10. The molecule has 1 aromatic carbocycles. The van der Waals surface area contributed by atoms with Crippen LogP contribution in [0.1, 0.15) is 5.56 Å². The quantitative estimate of drug-likeness (QED) is 0.785. The lowest BCUT2D eigenvalue weighted by molar-refractivity contribution is -0.134. The highest BCUT2D eigenvalue weighted by Gasteiger charge is 2.37. The highest BCUT2D eigenvalue weighted by atomic mass is 79.9. The summed E-state index contributed by atoms with van der Waals surface area (Å²) in [5.41, 5.74) is 0.565. The van der Waals surface area contributed by atoms with Gasteiger partial charge in [0, 0.05) is 11.0 Å². The lowest BCUT2D eigenvalue weighted by Gasteiger charge is -2.40. The fraction of sp³-hybridized carbons (Fsp3) is 0.538. The van der Waals surface area contributed by atoms with Gasteiger partial charge < -0.3 is 15.2 Å². The molecule has 1 aromatic rings. The molecule has 2 N–H and O–H groups in total. The molecule has 1 fully saturated rings. The number of nitrogens with one attached hydrogen (secondary N) is 1. The molecule has 0 spiro atoms. The number of rotatable bonds is 6. The summed E-state index contributed by atoms with van der Waals surface area (Å²) in [6.45, 7) is 2.73.